The number of carboxylic acid groups (broad SMARTS) is 1. The number of ether oxygens (including phenoxy) is 1. The van der Waals surface area contributed by atoms with Gasteiger partial charge in [-0.15, -0.1) is 0 Å². The van der Waals surface area contributed by atoms with Gasteiger partial charge in [-0.1, -0.05) is 6.07 Å². The lowest BCUT2D eigenvalue weighted by Gasteiger charge is -2.26. The van der Waals surface area contributed by atoms with Crippen molar-refractivity contribution in [2.75, 3.05) is 0 Å². The first-order valence-electron chi connectivity index (χ1n) is 10.6. The van der Waals surface area contributed by atoms with Crippen LogP contribution in [0, 0.1) is 11.7 Å². The fourth-order valence-corrected chi connectivity index (χ4v) is 4.40. The number of aromatic nitrogens is 4. The standard InChI is InChI=1S/C24H20BrFN4O3/c25-20-9-8-19-23(29-20)30-22(28-19)17-7-3-14(11-18(17)26)15-4-10-21(27-12-15)33-16-5-1-13(2-6-16)24(31)32/h3-4,7-13,16H,1-2,5-6H2,(H,31,32)(H,28,29,30). The molecule has 168 valence electrons. The van der Waals surface area contributed by atoms with E-state index in [9.17, 15) is 9.18 Å². The molecule has 5 rings (SSSR count). The first kappa shape index (κ1) is 21.5. The number of carbonyl (C=O) groups is 1. The molecule has 0 radical (unpaired) electrons. The fourth-order valence-electron chi connectivity index (χ4n) is 4.10. The van der Waals surface area contributed by atoms with Crippen LogP contribution in [0.4, 0.5) is 4.39 Å². The van der Waals surface area contributed by atoms with Gasteiger partial charge in [0.15, 0.2) is 5.65 Å². The predicted molar refractivity (Wildman–Crippen MR) is 124 cm³/mol. The number of benzene rings is 1. The normalized spacial score (nSPS) is 18.4. The van der Waals surface area contributed by atoms with Gasteiger partial charge in [0.25, 0.3) is 0 Å². The highest BCUT2D eigenvalue weighted by molar-refractivity contribution is 9.10. The Morgan fingerprint density at radius 1 is 1.06 bits per heavy atom. The largest absolute Gasteiger partial charge is 0.481 e. The molecule has 9 heteroatoms. The van der Waals surface area contributed by atoms with Crippen LogP contribution in [0.3, 0.4) is 0 Å². The van der Waals surface area contributed by atoms with E-state index in [-0.39, 0.29) is 12.0 Å². The molecular formula is C24H20BrFN4O3. The molecule has 1 aliphatic rings. The molecule has 3 heterocycles. The van der Waals surface area contributed by atoms with Gasteiger partial charge >= 0.3 is 5.97 Å². The van der Waals surface area contributed by atoms with E-state index >= 15 is 0 Å². The summed E-state index contributed by atoms with van der Waals surface area (Å²) in [4.78, 5) is 27.2. The van der Waals surface area contributed by atoms with Crippen molar-refractivity contribution in [3.8, 4) is 28.4 Å². The zero-order valence-electron chi connectivity index (χ0n) is 17.5. The highest BCUT2D eigenvalue weighted by atomic mass is 79.9. The quantitative estimate of drug-likeness (QED) is 0.338. The topological polar surface area (TPSA) is 101 Å². The number of carboxylic acids is 1. The molecule has 3 aromatic heterocycles. The Bertz CT molecular complexity index is 1320. The molecule has 0 amide bonds. The number of aromatic amines is 1. The number of hydrogen-bond donors (Lipinski definition) is 2. The van der Waals surface area contributed by atoms with Crippen molar-refractivity contribution >= 4 is 33.1 Å². The number of halogens is 2. The van der Waals surface area contributed by atoms with Crippen molar-refractivity contribution in [2.24, 2.45) is 5.92 Å². The summed E-state index contributed by atoms with van der Waals surface area (Å²) in [7, 11) is 0. The van der Waals surface area contributed by atoms with Crippen LogP contribution in [0.2, 0.25) is 0 Å². The molecule has 0 unspecified atom stereocenters. The number of aliphatic carboxylic acids is 1. The highest BCUT2D eigenvalue weighted by Crippen LogP contribution is 2.30. The van der Waals surface area contributed by atoms with Gasteiger partial charge < -0.3 is 14.8 Å². The number of H-pyrrole nitrogens is 1. The lowest BCUT2D eigenvalue weighted by molar-refractivity contribution is -0.143. The van der Waals surface area contributed by atoms with Crippen molar-refractivity contribution in [3.05, 3.63) is 59.1 Å². The lowest BCUT2D eigenvalue weighted by atomic mass is 9.87. The van der Waals surface area contributed by atoms with E-state index in [0.717, 1.165) is 11.1 Å². The third-order valence-corrected chi connectivity index (χ3v) is 6.36. The minimum atomic E-state index is -0.737. The molecule has 1 fully saturated rings. The molecule has 0 spiro atoms. The zero-order chi connectivity index (χ0) is 22.9. The van der Waals surface area contributed by atoms with Crippen molar-refractivity contribution in [3.63, 3.8) is 0 Å². The third kappa shape index (κ3) is 4.59. The second kappa shape index (κ2) is 8.90. The maximum atomic E-state index is 14.9. The Morgan fingerprint density at radius 2 is 1.85 bits per heavy atom. The van der Waals surface area contributed by atoms with Gasteiger partial charge in [0, 0.05) is 17.8 Å². The summed E-state index contributed by atoms with van der Waals surface area (Å²) in [5.74, 6) is -0.522. The molecule has 0 saturated heterocycles. The average Bonchev–Trinajstić information content (AvgIpc) is 3.22. The smallest absolute Gasteiger partial charge is 0.306 e. The molecule has 7 nitrogen and oxygen atoms in total. The van der Waals surface area contributed by atoms with Crippen LogP contribution < -0.4 is 4.74 Å². The summed E-state index contributed by atoms with van der Waals surface area (Å²) in [6.07, 6.45) is 4.23. The van der Waals surface area contributed by atoms with Crippen LogP contribution >= 0.6 is 15.9 Å². The van der Waals surface area contributed by atoms with Crippen LogP contribution in [0.15, 0.2) is 53.3 Å². The number of hydrogen-bond acceptors (Lipinski definition) is 5. The monoisotopic (exact) mass is 510 g/mol. The van der Waals surface area contributed by atoms with Gasteiger partial charge in [-0.2, -0.15) is 0 Å². The van der Waals surface area contributed by atoms with Gasteiger partial charge in [0.05, 0.1) is 17.0 Å². The van der Waals surface area contributed by atoms with Gasteiger partial charge in [-0.05, 0) is 77.5 Å². The second-order valence-corrected chi connectivity index (χ2v) is 8.91. The molecule has 1 aromatic carbocycles. The zero-order valence-corrected chi connectivity index (χ0v) is 19.0. The summed E-state index contributed by atoms with van der Waals surface area (Å²) >= 11 is 3.31. The summed E-state index contributed by atoms with van der Waals surface area (Å²) in [5.41, 5.74) is 3.05. The minimum Gasteiger partial charge on any atom is -0.481 e. The maximum Gasteiger partial charge on any atom is 0.306 e. The van der Waals surface area contributed by atoms with Crippen LogP contribution in [0.5, 0.6) is 5.88 Å². The van der Waals surface area contributed by atoms with E-state index in [1.807, 2.05) is 18.2 Å². The summed E-state index contributed by atoms with van der Waals surface area (Å²) in [6.45, 7) is 0. The molecule has 0 aliphatic heterocycles. The first-order chi connectivity index (χ1) is 16.0. The first-order valence-corrected chi connectivity index (χ1v) is 11.4. The Labute approximate surface area is 197 Å². The van der Waals surface area contributed by atoms with E-state index in [1.165, 1.54) is 6.07 Å². The Balaban J connectivity index is 1.29. The van der Waals surface area contributed by atoms with Crippen molar-refractivity contribution < 1.29 is 19.0 Å². The minimum absolute atomic E-state index is 0.0328. The number of rotatable bonds is 5. The summed E-state index contributed by atoms with van der Waals surface area (Å²) in [5, 5.41) is 9.11. The average molecular weight is 511 g/mol. The number of imidazole rings is 1. The van der Waals surface area contributed by atoms with Gasteiger partial charge in [0.2, 0.25) is 5.88 Å². The van der Waals surface area contributed by atoms with Crippen molar-refractivity contribution in [1.29, 1.82) is 0 Å². The lowest BCUT2D eigenvalue weighted by Crippen LogP contribution is -2.28. The summed E-state index contributed by atoms with van der Waals surface area (Å²) < 4.78 is 21.5. The predicted octanol–water partition coefficient (Wildman–Crippen LogP) is 5.61. The molecule has 1 aliphatic carbocycles. The molecular weight excluding hydrogens is 491 g/mol. The SMILES string of the molecule is O=C(O)C1CCC(Oc2ccc(-c3ccc(-c4nc5nc(Br)ccc5[nH]4)c(F)c3)cn2)CC1. The fraction of sp³-hybridized carbons (Fsp3) is 0.250. The second-order valence-electron chi connectivity index (χ2n) is 8.10. The van der Waals surface area contributed by atoms with E-state index in [1.54, 1.807) is 24.4 Å². The van der Waals surface area contributed by atoms with E-state index in [4.69, 9.17) is 9.84 Å². The van der Waals surface area contributed by atoms with Crippen LogP contribution in [-0.2, 0) is 4.79 Å². The molecule has 1 saturated carbocycles. The maximum absolute atomic E-state index is 14.9. The van der Waals surface area contributed by atoms with Crippen LogP contribution in [0.1, 0.15) is 25.7 Å². The van der Waals surface area contributed by atoms with Gasteiger partial charge in [0.1, 0.15) is 22.3 Å². The Kier molecular flexibility index (Phi) is 5.80. The highest BCUT2D eigenvalue weighted by Gasteiger charge is 2.27. The molecule has 2 N–H and O–H groups in total. The van der Waals surface area contributed by atoms with Crippen molar-refractivity contribution in [2.45, 2.75) is 31.8 Å². The third-order valence-electron chi connectivity index (χ3n) is 5.92. The van der Waals surface area contributed by atoms with E-state index < -0.39 is 11.8 Å². The van der Waals surface area contributed by atoms with E-state index in [0.29, 0.717) is 58.8 Å². The molecule has 0 bridgehead atoms. The van der Waals surface area contributed by atoms with Gasteiger partial charge in [-0.25, -0.2) is 19.3 Å². The van der Waals surface area contributed by atoms with Crippen LogP contribution in [-0.4, -0.2) is 37.1 Å². The number of fused-ring (bicyclic) bond motifs is 1. The molecule has 33 heavy (non-hydrogen) atoms. The van der Waals surface area contributed by atoms with Crippen LogP contribution in [0.25, 0.3) is 33.7 Å². The summed E-state index contributed by atoms with van der Waals surface area (Å²) in [6, 6.07) is 12.2. The van der Waals surface area contributed by atoms with Crippen molar-refractivity contribution in [1.82, 2.24) is 19.9 Å². The molecule has 0 atom stereocenters. The molecule has 4 aromatic rings. The number of pyridine rings is 2. The van der Waals surface area contributed by atoms with E-state index in [2.05, 4.69) is 35.9 Å². The number of nitrogens with zero attached hydrogens (tertiary/aromatic N) is 3. The Morgan fingerprint density at radius 3 is 2.55 bits per heavy atom. The van der Waals surface area contributed by atoms with Gasteiger partial charge in [-0.3, -0.25) is 4.79 Å². The Hall–Kier alpha value is -3.33. The number of nitrogens with one attached hydrogen (secondary N) is 1.